The van der Waals surface area contributed by atoms with Crippen molar-refractivity contribution in [3.63, 3.8) is 0 Å². The van der Waals surface area contributed by atoms with Gasteiger partial charge in [0.2, 0.25) is 5.91 Å². The van der Waals surface area contributed by atoms with Gasteiger partial charge in [-0.15, -0.1) is 0 Å². The van der Waals surface area contributed by atoms with Gasteiger partial charge in [0.05, 0.1) is 0 Å². The predicted octanol–water partition coefficient (Wildman–Crippen LogP) is 3.03. The Bertz CT molecular complexity index is 641. The monoisotopic (exact) mass is 300 g/mol. The summed E-state index contributed by atoms with van der Waals surface area (Å²) in [7, 11) is 0. The minimum Gasteiger partial charge on any atom is -0.381 e. The van der Waals surface area contributed by atoms with Crippen molar-refractivity contribution in [1.29, 1.82) is 0 Å². The number of aryl methyl sites for hydroxylation is 1. The molecular weight excluding hydrogens is 276 g/mol. The van der Waals surface area contributed by atoms with Crippen molar-refractivity contribution in [3.8, 4) is 0 Å². The zero-order valence-corrected chi connectivity index (χ0v) is 13.2. The number of aromatic nitrogens is 1. The lowest BCUT2D eigenvalue weighted by Gasteiger charge is -2.33. The predicted molar refractivity (Wildman–Crippen MR) is 87.8 cm³/mol. The molecule has 1 aliphatic rings. The molecule has 0 radical (unpaired) electrons. The Kier molecular flexibility index (Phi) is 4.48. The van der Waals surface area contributed by atoms with Gasteiger partial charge in [-0.25, -0.2) is 0 Å². The van der Waals surface area contributed by atoms with Gasteiger partial charge in [-0.3, -0.25) is 4.79 Å². The van der Waals surface area contributed by atoms with Gasteiger partial charge in [0.15, 0.2) is 0 Å². The number of H-pyrrole nitrogens is 1. The van der Waals surface area contributed by atoms with Crippen LogP contribution in [0.5, 0.6) is 0 Å². The zero-order valence-electron chi connectivity index (χ0n) is 13.2. The molecule has 0 aliphatic carbocycles. The minimum atomic E-state index is 0.137. The van der Waals surface area contributed by atoms with Gasteiger partial charge >= 0.3 is 0 Å². The molecule has 0 bridgehead atoms. The van der Waals surface area contributed by atoms with Crippen molar-refractivity contribution in [3.05, 3.63) is 36.0 Å². The fourth-order valence-corrected chi connectivity index (χ4v) is 3.03. The molecule has 0 spiro atoms. The van der Waals surface area contributed by atoms with Gasteiger partial charge in [-0.1, -0.05) is 25.1 Å². The Balaban J connectivity index is 1.50. The van der Waals surface area contributed by atoms with E-state index in [1.807, 2.05) is 18.3 Å². The normalized spacial score (nSPS) is 17.5. The number of benzene rings is 1. The number of hydrogen-bond acceptors (Lipinski definition) is 2. The van der Waals surface area contributed by atoms with E-state index in [4.69, 9.17) is 4.74 Å². The summed E-state index contributed by atoms with van der Waals surface area (Å²) in [4.78, 5) is 15.4. The third-order valence-electron chi connectivity index (χ3n) is 4.71. The van der Waals surface area contributed by atoms with Crippen molar-refractivity contribution in [2.24, 2.45) is 5.41 Å². The largest absolute Gasteiger partial charge is 0.381 e. The molecule has 1 fully saturated rings. The summed E-state index contributed by atoms with van der Waals surface area (Å²) in [5, 5.41) is 4.31. The molecule has 118 valence electrons. The van der Waals surface area contributed by atoms with Crippen LogP contribution in [0.15, 0.2) is 30.5 Å². The van der Waals surface area contributed by atoms with Crippen molar-refractivity contribution < 1.29 is 9.53 Å². The Morgan fingerprint density at radius 3 is 2.91 bits per heavy atom. The van der Waals surface area contributed by atoms with Crippen molar-refractivity contribution >= 4 is 16.8 Å². The molecule has 1 aromatic heterocycles. The van der Waals surface area contributed by atoms with Crippen molar-refractivity contribution in [2.45, 2.75) is 32.6 Å². The third-order valence-corrected chi connectivity index (χ3v) is 4.71. The summed E-state index contributed by atoms with van der Waals surface area (Å²) < 4.78 is 5.39. The molecule has 1 saturated heterocycles. The third kappa shape index (κ3) is 3.50. The van der Waals surface area contributed by atoms with Crippen LogP contribution in [0.1, 0.15) is 31.7 Å². The van der Waals surface area contributed by atoms with E-state index in [2.05, 4.69) is 29.4 Å². The second-order valence-corrected chi connectivity index (χ2v) is 6.56. The maximum absolute atomic E-state index is 12.1. The quantitative estimate of drug-likeness (QED) is 0.892. The van der Waals surface area contributed by atoms with Crippen LogP contribution in [-0.2, 0) is 16.0 Å². The average Bonchev–Trinajstić information content (AvgIpc) is 2.95. The number of amides is 1. The molecule has 4 heteroatoms. The molecule has 0 atom stereocenters. The summed E-state index contributed by atoms with van der Waals surface area (Å²) >= 11 is 0. The highest BCUT2D eigenvalue weighted by molar-refractivity contribution is 5.84. The van der Waals surface area contributed by atoms with Crippen LogP contribution in [0.3, 0.4) is 0 Å². The first-order valence-corrected chi connectivity index (χ1v) is 8.06. The number of nitrogens with one attached hydrogen (secondary N) is 2. The molecular formula is C18H24N2O2. The summed E-state index contributed by atoms with van der Waals surface area (Å²) in [6, 6.07) is 8.21. The van der Waals surface area contributed by atoms with E-state index in [9.17, 15) is 4.79 Å². The molecule has 0 saturated carbocycles. The molecule has 1 aliphatic heterocycles. The number of fused-ring (bicyclic) bond motifs is 1. The summed E-state index contributed by atoms with van der Waals surface area (Å²) in [6.45, 7) is 4.60. The van der Waals surface area contributed by atoms with Gasteiger partial charge in [0.1, 0.15) is 0 Å². The smallest absolute Gasteiger partial charge is 0.220 e. The van der Waals surface area contributed by atoms with Gasteiger partial charge in [0.25, 0.3) is 0 Å². The topological polar surface area (TPSA) is 54.1 Å². The van der Waals surface area contributed by atoms with Crippen molar-refractivity contribution in [1.82, 2.24) is 10.3 Å². The average molecular weight is 300 g/mol. The van der Waals surface area contributed by atoms with Gasteiger partial charge in [0, 0.05) is 43.3 Å². The molecule has 4 nitrogen and oxygen atoms in total. The first-order valence-electron chi connectivity index (χ1n) is 8.06. The first-order chi connectivity index (χ1) is 10.7. The standard InChI is InChI=1S/C18H24N2O2/c1-18(8-10-22-11-9-18)13-20-17(21)7-6-14-12-19-16-5-3-2-4-15(14)16/h2-5,12,19H,6-11,13H2,1H3,(H,20,21). The molecule has 1 aromatic carbocycles. The number of rotatable bonds is 5. The Morgan fingerprint density at radius 1 is 1.32 bits per heavy atom. The SMILES string of the molecule is CC1(CNC(=O)CCc2c[nH]c3ccccc23)CCOCC1. The van der Waals surface area contributed by atoms with Gasteiger partial charge in [-0.05, 0) is 36.3 Å². The van der Waals surface area contributed by atoms with Crippen molar-refractivity contribution in [2.75, 3.05) is 19.8 Å². The van der Waals surface area contributed by atoms with Gasteiger partial charge in [-0.2, -0.15) is 0 Å². The molecule has 22 heavy (non-hydrogen) atoms. The minimum absolute atomic E-state index is 0.137. The zero-order chi connectivity index (χ0) is 15.4. The molecule has 2 N–H and O–H groups in total. The van der Waals surface area contributed by atoms with E-state index in [0.717, 1.165) is 44.5 Å². The number of carbonyl (C=O) groups is 1. The highest BCUT2D eigenvalue weighted by atomic mass is 16.5. The first kappa shape index (κ1) is 15.1. The van der Waals surface area contributed by atoms with E-state index < -0.39 is 0 Å². The second-order valence-electron chi connectivity index (χ2n) is 6.56. The molecule has 2 aromatic rings. The fourth-order valence-electron chi connectivity index (χ4n) is 3.03. The van der Waals surface area contributed by atoms with E-state index in [0.29, 0.717) is 6.42 Å². The summed E-state index contributed by atoms with van der Waals surface area (Å²) in [5.41, 5.74) is 2.53. The van der Waals surface area contributed by atoms with Crippen LogP contribution in [0.2, 0.25) is 0 Å². The number of aromatic amines is 1. The number of para-hydroxylation sites is 1. The summed E-state index contributed by atoms with van der Waals surface area (Å²) in [5.74, 6) is 0.137. The maximum Gasteiger partial charge on any atom is 0.220 e. The number of hydrogen-bond donors (Lipinski definition) is 2. The van der Waals surface area contributed by atoms with Crippen LogP contribution in [-0.4, -0.2) is 30.6 Å². The molecule has 2 heterocycles. The van der Waals surface area contributed by atoms with Crippen LogP contribution in [0, 0.1) is 5.41 Å². The number of ether oxygens (including phenoxy) is 1. The lowest BCUT2D eigenvalue weighted by molar-refractivity contribution is -0.121. The van der Waals surface area contributed by atoms with Crippen LogP contribution in [0.4, 0.5) is 0 Å². The lowest BCUT2D eigenvalue weighted by atomic mass is 9.82. The Hall–Kier alpha value is -1.81. The lowest BCUT2D eigenvalue weighted by Crippen LogP contribution is -2.39. The van der Waals surface area contributed by atoms with Crippen LogP contribution in [0.25, 0.3) is 10.9 Å². The van der Waals surface area contributed by atoms with E-state index in [1.165, 1.54) is 10.9 Å². The van der Waals surface area contributed by atoms with E-state index >= 15 is 0 Å². The highest BCUT2D eigenvalue weighted by Gasteiger charge is 2.27. The molecule has 1 amide bonds. The fraction of sp³-hybridized carbons (Fsp3) is 0.500. The summed E-state index contributed by atoms with van der Waals surface area (Å²) in [6.07, 6.45) is 5.37. The second kappa shape index (κ2) is 6.53. The van der Waals surface area contributed by atoms with E-state index in [-0.39, 0.29) is 11.3 Å². The molecule has 3 rings (SSSR count). The van der Waals surface area contributed by atoms with Crippen LogP contribution < -0.4 is 5.32 Å². The van der Waals surface area contributed by atoms with Crippen LogP contribution >= 0.6 is 0 Å². The Labute approximate surface area is 131 Å². The number of carbonyl (C=O) groups excluding carboxylic acids is 1. The van der Waals surface area contributed by atoms with E-state index in [1.54, 1.807) is 0 Å². The Morgan fingerprint density at radius 2 is 2.09 bits per heavy atom. The highest BCUT2D eigenvalue weighted by Crippen LogP contribution is 2.28. The molecule has 0 unspecified atom stereocenters. The van der Waals surface area contributed by atoms with Gasteiger partial charge < -0.3 is 15.0 Å². The maximum atomic E-state index is 12.1.